The normalized spacial score (nSPS) is 11.5. The molecule has 0 aliphatic heterocycles. The van der Waals surface area contributed by atoms with Crippen molar-refractivity contribution < 1.29 is 9.47 Å². The Morgan fingerprint density at radius 2 is 2.00 bits per heavy atom. The SMILES string of the molecule is COC(Cn1ccc2ccc(Br)cc21)OC. The van der Waals surface area contributed by atoms with Crippen LogP contribution in [0.1, 0.15) is 0 Å². The molecule has 0 saturated carbocycles. The number of ether oxygens (including phenoxy) is 2. The highest BCUT2D eigenvalue weighted by Gasteiger charge is 2.08. The second-order valence-electron chi connectivity index (χ2n) is 3.57. The van der Waals surface area contributed by atoms with E-state index in [-0.39, 0.29) is 6.29 Å². The van der Waals surface area contributed by atoms with Gasteiger partial charge in [-0.1, -0.05) is 22.0 Å². The molecule has 1 aromatic heterocycles. The second-order valence-corrected chi connectivity index (χ2v) is 4.49. The van der Waals surface area contributed by atoms with Crippen LogP contribution in [0, 0.1) is 0 Å². The van der Waals surface area contributed by atoms with Gasteiger partial charge in [0.05, 0.1) is 6.54 Å². The molecule has 0 aliphatic rings. The predicted molar refractivity (Wildman–Crippen MR) is 67.4 cm³/mol. The topological polar surface area (TPSA) is 23.4 Å². The largest absolute Gasteiger partial charge is 0.354 e. The number of hydrogen-bond acceptors (Lipinski definition) is 2. The van der Waals surface area contributed by atoms with E-state index in [9.17, 15) is 0 Å². The molecule has 3 nitrogen and oxygen atoms in total. The lowest BCUT2D eigenvalue weighted by atomic mass is 10.2. The van der Waals surface area contributed by atoms with Crippen LogP contribution >= 0.6 is 15.9 Å². The van der Waals surface area contributed by atoms with Crippen molar-refractivity contribution in [3.8, 4) is 0 Å². The van der Waals surface area contributed by atoms with Crippen LogP contribution in [0.3, 0.4) is 0 Å². The fourth-order valence-corrected chi connectivity index (χ4v) is 2.07. The smallest absolute Gasteiger partial charge is 0.174 e. The van der Waals surface area contributed by atoms with E-state index in [1.807, 2.05) is 12.3 Å². The minimum Gasteiger partial charge on any atom is -0.354 e. The molecular formula is C12H14BrNO2. The van der Waals surface area contributed by atoms with Gasteiger partial charge in [0.1, 0.15) is 0 Å². The fourth-order valence-electron chi connectivity index (χ4n) is 1.72. The third-order valence-electron chi connectivity index (χ3n) is 2.61. The van der Waals surface area contributed by atoms with Gasteiger partial charge in [0.15, 0.2) is 6.29 Å². The minimum atomic E-state index is -0.213. The summed E-state index contributed by atoms with van der Waals surface area (Å²) >= 11 is 3.48. The Hall–Kier alpha value is -0.840. The Labute approximate surface area is 103 Å². The molecule has 0 N–H and O–H groups in total. The van der Waals surface area contributed by atoms with Crippen LogP contribution in [0.15, 0.2) is 34.9 Å². The first kappa shape index (κ1) is 11.6. The molecule has 0 radical (unpaired) electrons. The lowest BCUT2D eigenvalue weighted by Gasteiger charge is -2.14. The van der Waals surface area contributed by atoms with E-state index in [0.717, 1.165) is 4.47 Å². The highest BCUT2D eigenvalue weighted by Crippen LogP contribution is 2.21. The first-order chi connectivity index (χ1) is 7.74. The van der Waals surface area contributed by atoms with Crippen molar-refractivity contribution in [1.82, 2.24) is 4.57 Å². The van der Waals surface area contributed by atoms with Crippen LogP contribution in [0.5, 0.6) is 0 Å². The summed E-state index contributed by atoms with van der Waals surface area (Å²) in [5.41, 5.74) is 1.17. The van der Waals surface area contributed by atoms with Crippen molar-refractivity contribution in [2.75, 3.05) is 14.2 Å². The monoisotopic (exact) mass is 283 g/mol. The summed E-state index contributed by atoms with van der Waals surface area (Å²) < 4.78 is 13.6. The Bertz CT molecular complexity index is 477. The number of hydrogen-bond donors (Lipinski definition) is 0. The van der Waals surface area contributed by atoms with Gasteiger partial charge in [-0.2, -0.15) is 0 Å². The zero-order valence-corrected chi connectivity index (χ0v) is 10.9. The average Bonchev–Trinajstić information content (AvgIpc) is 2.68. The van der Waals surface area contributed by atoms with Crippen molar-refractivity contribution in [2.24, 2.45) is 0 Å². The summed E-state index contributed by atoms with van der Waals surface area (Å²) in [7, 11) is 3.30. The fraction of sp³-hybridized carbons (Fsp3) is 0.333. The third kappa shape index (κ3) is 2.29. The van der Waals surface area contributed by atoms with Crippen molar-refractivity contribution in [2.45, 2.75) is 12.8 Å². The highest BCUT2D eigenvalue weighted by molar-refractivity contribution is 9.10. The van der Waals surface area contributed by atoms with Gasteiger partial charge < -0.3 is 14.0 Å². The van der Waals surface area contributed by atoms with Crippen molar-refractivity contribution >= 4 is 26.8 Å². The van der Waals surface area contributed by atoms with Gasteiger partial charge >= 0.3 is 0 Å². The number of fused-ring (bicyclic) bond motifs is 1. The summed E-state index contributed by atoms with van der Waals surface area (Å²) in [6.45, 7) is 0.687. The van der Waals surface area contributed by atoms with E-state index in [2.05, 4.69) is 38.7 Å². The number of rotatable bonds is 4. The maximum atomic E-state index is 5.20. The van der Waals surface area contributed by atoms with Crippen LogP contribution in [0.4, 0.5) is 0 Å². The Balaban J connectivity index is 2.33. The van der Waals surface area contributed by atoms with Crippen LogP contribution in [0.25, 0.3) is 10.9 Å². The summed E-state index contributed by atoms with van der Waals surface area (Å²) in [4.78, 5) is 0. The molecule has 0 saturated heterocycles. The van der Waals surface area contributed by atoms with Gasteiger partial charge in [-0.25, -0.2) is 0 Å². The first-order valence-corrected chi connectivity index (χ1v) is 5.84. The van der Waals surface area contributed by atoms with E-state index in [0.29, 0.717) is 6.54 Å². The number of nitrogens with zero attached hydrogens (tertiary/aromatic N) is 1. The zero-order valence-electron chi connectivity index (χ0n) is 9.31. The van der Waals surface area contributed by atoms with E-state index in [4.69, 9.17) is 9.47 Å². The summed E-state index contributed by atoms with van der Waals surface area (Å²) in [6.07, 6.45) is 1.83. The summed E-state index contributed by atoms with van der Waals surface area (Å²) in [5.74, 6) is 0. The molecular weight excluding hydrogens is 270 g/mol. The summed E-state index contributed by atoms with van der Waals surface area (Å²) in [6, 6.07) is 8.31. The molecule has 16 heavy (non-hydrogen) atoms. The molecule has 1 aromatic carbocycles. The maximum absolute atomic E-state index is 5.20. The molecule has 0 fully saturated rings. The molecule has 0 spiro atoms. The maximum Gasteiger partial charge on any atom is 0.174 e. The summed E-state index contributed by atoms with van der Waals surface area (Å²) in [5, 5.41) is 1.22. The van der Waals surface area contributed by atoms with Gasteiger partial charge in [-0.3, -0.25) is 0 Å². The van der Waals surface area contributed by atoms with Crippen LogP contribution < -0.4 is 0 Å². The van der Waals surface area contributed by atoms with Gasteiger partial charge in [-0.15, -0.1) is 0 Å². The molecule has 0 bridgehead atoms. The van der Waals surface area contributed by atoms with E-state index in [1.165, 1.54) is 10.9 Å². The lowest BCUT2D eigenvalue weighted by molar-refractivity contribution is -0.110. The molecule has 2 rings (SSSR count). The van der Waals surface area contributed by atoms with Gasteiger partial charge in [-0.05, 0) is 23.6 Å². The minimum absolute atomic E-state index is 0.213. The molecule has 0 amide bonds. The number of aromatic nitrogens is 1. The van der Waals surface area contributed by atoms with Crippen LogP contribution in [-0.4, -0.2) is 25.1 Å². The van der Waals surface area contributed by atoms with Crippen molar-refractivity contribution in [3.05, 3.63) is 34.9 Å². The first-order valence-electron chi connectivity index (χ1n) is 5.04. The number of halogens is 1. The van der Waals surface area contributed by atoms with Crippen molar-refractivity contribution in [1.29, 1.82) is 0 Å². The van der Waals surface area contributed by atoms with Gasteiger partial charge in [0.25, 0.3) is 0 Å². The highest BCUT2D eigenvalue weighted by atomic mass is 79.9. The predicted octanol–water partition coefficient (Wildman–Crippen LogP) is 3.02. The molecule has 1 heterocycles. The Morgan fingerprint density at radius 1 is 1.25 bits per heavy atom. The molecule has 0 unspecified atom stereocenters. The van der Waals surface area contributed by atoms with E-state index < -0.39 is 0 Å². The van der Waals surface area contributed by atoms with Crippen LogP contribution in [0.2, 0.25) is 0 Å². The van der Waals surface area contributed by atoms with Crippen LogP contribution in [-0.2, 0) is 16.0 Å². The standard InChI is InChI=1S/C12H14BrNO2/c1-15-12(16-2)8-14-6-5-9-3-4-10(13)7-11(9)14/h3-7,12H,8H2,1-2H3. The molecule has 4 heteroatoms. The van der Waals surface area contributed by atoms with E-state index in [1.54, 1.807) is 14.2 Å². The quantitative estimate of drug-likeness (QED) is 0.806. The third-order valence-corrected chi connectivity index (χ3v) is 3.10. The molecule has 0 aliphatic carbocycles. The molecule has 2 aromatic rings. The Morgan fingerprint density at radius 3 is 2.69 bits per heavy atom. The number of benzene rings is 1. The van der Waals surface area contributed by atoms with Gasteiger partial charge in [0.2, 0.25) is 0 Å². The molecule has 86 valence electrons. The van der Waals surface area contributed by atoms with E-state index >= 15 is 0 Å². The average molecular weight is 284 g/mol. The lowest BCUT2D eigenvalue weighted by Crippen LogP contribution is -2.19. The van der Waals surface area contributed by atoms with Gasteiger partial charge in [0, 0.05) is 30.4 Å². The number of methoxy groups -OCH3 is 2. The van der Waals surface area contributed by atoms with Crippen molar-refractivity contribution in [3.63, 3.8) is 0 Å². The second kappa shape index (κ2) is 4.99. The molecule has 0 atom stereocenters. The Kier molecular flexibility index (Phi) is 3.63. The zero-order chi connectivity index (χ0) is 11.5.